The molecule has 0 unspecified atom stereocenters. The molecule has 0 saturated heterocycles. The Labute approximate surface area is 103 Å². The van der Waals surface area contributed by atoms with Gasteiger partial charge in [0.05, 0.1) is 6.61 Å². The Morgan fingerprint density at radius 2 is 1.60 bits per heavy atom. The van der Waals surface area contributed by atoms with Crippen molar-refractivity contribution in [3.63, 3.8) is 0 Å². The molecule has 0 N–H and O–H groups in total. The monoisotopic (exact) mass is 276 g/mol. The van der Waals surface area contributed by atoms with Crippen LogP contribution in [0, 0.1) is 17.3 Å². The predicted octanol–water partition coefficient (Wildman–Crippen LogP) is 4.25. The summed E-state index contributed by atoms with van der Waals surface area (Å²) in [6.45, 7) is 8.57. The van der Waals surface area contributed by atoms with E-state index in [0.29, 0.717) is 5.41 Å². The van der Waals surface area contributed by atoms with Gasteiger partial charge in [0.2, 0.25) is 0 Å². The number of ether oxygens (including phenoxy) is 1. The van der Waals surface area contributed by atoms with Crippen LogP contribution in [-0.2, 0) is 4.74 Å². The van der Waals surface area contributed by atoms with E-state index in [1.54, 1.807) is 0 Å². The van der Waals surface area contributed by atoms with Crippen LogP contribution in [0.2, 0.25) is 0 Å². The van der Waals surface area contributed by atoms with Crippen LogP contribution in [0.25, 0.3) is 0 Å². The number of alkyl halides is 1. The summed E-state index contributed by atoms with van der Waals surface area (Å²) in [4.78, 5) is 0. The Hall–Kier alpha value is 0.440. The van der Waals surface area contributed by atoms with Crippen LogP contribution < -0.4 is 0 Å². The summed E-state index contributed by atoms with van der Waals surface area (Å²) in [5.74, 6) is 1.74. The normalized spacial score (nSPS) is 28.0. The largest absolute Gasteiger partial charge is 0.381 e. The molecule has 0 aromatic rings. The smallest absolute Gasteiger partial charge is 0.0514 e. The number of halogens is 1. The molecule has 0 radical (unpaired) electrons. The molecule has 1 aliphatic rings. The summed E-state index contributed by atoms with van der Waals surface area (Å²) in [6, 6.07) is 0. The van der Waals surface area contributed by atoms with Gasteiger partial charge in [-0.15, -0.1) is 0 Å². The Kier molecular flexibility index (Phi) is 5.62. The van der Waals surface area contributed by atoms with Crippen LogP contribution in [0.15, 0.2) is 0 Å². The molecule has 0 spiro atoms. The van der Waals surface area contributed by atoms with Crippen molar-refractivity contribution in [3.05, 3.63) is 0 Å². The Morgan fingerprint density at radius 1 is 1.07 bits per heavy atom. The molecule has 0 heterocycles. The lowest BCUT2D eigenvalue weighted by atomic mass is 9.83. The van der Waals surface area contributed by atoms with Crippen molar-refractivity contribution < 1.29 is 4.74 Å². The van der Waals surface area contributed by atoms with Gasteiger partial charge >= 0.3 is 0 Å². The highest BCUT2D eigenvalue weighted by molar-refractivity contribution is 9.09. The van der Waals surface area contributed by atoms with Gasteiger partial charge in [0.25, 0.3) is 0 Å². The standard InChI is InChI=1S/C13H25BrO/c1-13(2,3)10-15-9-12-6-4-11(8-14)5-7-12/h11-12H,4-10H2,1-3H3. The number of hydrogen-bond donors (Lipinski definition) is 0. The molecule has 1 rings (SSSR count). The molecule has 15 heavy (non-hydrogen) atoms. The minimum absolute atomic E-state index is 0.313. The van der Waals surface area contributed by atoms with Gasteiger partial charge in [-0.2, -0.15) is 0 Å². The molecule has 0 atom stereocenters. The van der Waals surface area contributed by atoms with Crippen LogP contribution in [0.3, 0.4) is 0 Å². The second kappa shape index (κ2) is 6.24. The highest BCUT2D eigenvalue weighted by Gasteiger charge is 2.21. The first-order valence-electron chi connectivity index (χ1n) is 6.15. The van der Waals surface area contributed by atoms with Crippen molar-refractivity contribution in [1.29, 1.82) is 0 Å². The van der Waals surface area contributed by atoms with Crippen molar-refractivity contribution in [1.82, 2.24) is 0 Å². The third-order valence-corrected chi connectivity index (χ3v) is 3.99. The summed E-state index contributed by atoms with van der Waals surface area (Å²) in [5.41, 5.74) is 0.313. The lowest BCUT2D eigenvalue weighted by molar-refractivity contribution is 0.0357. The first kappa shape index (κ1) is 13.5. The van der Waals surface area contributed by atoms with Crippen LogP contribution in [0.4, 0.5) is 0 Å². The topological polar surface area (TPSA) is 9.23 Å². The molecule has 0 bridgehead atoms. The predicted molar refractivity (Wildman–Crippen MR) is 69.5 cm³/mol. The van der Waals surface area contributed by atoms with Crippen molar-refractivity contribution >= 4 is 15.9 Å². The fourth-order valence-electron chi connectivity index (χ4n) is 2.08. The maximum Gasteiger partial charge on any atom is 0.0514 e. The van der Waals surface area contributed by atoms with Crippen molar-refractivity contribution in [2.45, 2.75) is 46.5 Å². The molecule has 90 valence electrons. The second-order valence-electron chi connectivity index (χ2n) is 6.12. The molecule has 0 aliphatic heterocycles. The summed E-state index contributed by atoms with van der Waals surface area (Å²) in [6.07, 6.45) is 5.49. The van der Waals surface area contributed by atoms with Crippen LogP contribution in [-0.4, -0.2) is 18.5 Å². The van der Waals surface area contributed by atoms with Gasteiger partial charge in [-0.25, -0.2) is 0 Å². The van der Waals surface area contributed by atoms with E-state index in [0.717, 1.165) is 25.0 Å². The van der Waals surface area contributed by atoms with Gasteiger partial charge in [-0.05, 0) is 42.9 Å². The Bertz CT molecular complexity index is 166. The van der Waals surface area contributed by atoms with E-state index in [1.807, 2.05) is 0 Å². The zero-order valence-corrected chi connectivity index (χ0v) is 12.0. The maximum atomic E-state index is 5.79. The second-order valence-corrected chi connectivity index (χ2v) is 6.76. The van der Waals surface area contributed by atoms with Crippen molar-refractivity contribution in [2.24, 2.45) is 17.3 Å². The quantitative estimate of drug-likeness (QED) is 0.698. The summed E-state index contributed by atoms with van der Waals surface area (Å²) < 4.78 is 5.79. The van der Waals surface area contributed by atoms with Crippen LogP contribution >= 0.6 is 15.9 Å². The molecule has 1 aliphatic carbocycles. The van der Waals surface area contributed by atoms with Crippen molar-refractivity contribution in [3.8, 4) is 0 Å². The van der Waals surface area contributed by atoms with E-state index in [1.165, 1.54) is 31.0 Å². The third kappa shape index (κ3) is 5.91. The lowest BCUT2D eigenvalue weighted by Crippen LogP contribution is -2.22. The summed E-state index contributed by atoms with van der Waals surface area (Å²) in [7, 11) is 0. The third-order valence-electron chi connectivity index (χ3n) is 3.07. The van der Waals surface area contributed by atoms with Crippen LogP contribution in [0.5, 0.6) is 0 Å². The van der Waals surface area contributed by atoms with Gasteiger partial charge < -0.3 is 4.74 Å². The van der Waals surface area contributed by atoms with E-state index in [2.05, 4.69) is 36.7 Å². The van der Waals surface area contributed by atoms with E-state index < -0.39 is 0 Å². The number of rotatable bonds is 4. The maximum absolute atomic E-state index is 5.79. The molecular weight excluding hydrogens is 252 g/mol. The zero-order chi connectivity index (χ0) is 11.3. The molecule has 0 aromatic heterocycles. The molecular formula is C13H25BrO. The first-order chi connectivity index (χ1) is 7.01. The van der Waals surface area contributed by atoms with E-state index in [4.69, 9.17) is 4.74 Å². The fraction of sp³-hybridized carbons (Fsp3) is 1.00. The van der Waals surface area contributed by atoms with E-state index in [-0.39, 0.29) is 0 Å². The minimum Gasteiger partial charge on any atom is -0.381 e. The van der Waals surface area contributed by atoms with Gasteiger partial charge in [0.15, 0.2) is 0 Å². The molecule has 1 nitrogen and oxygen atoms in total. The molecule has 1 fully saturated rings. The first-order valence-corrected chi connectivity index (χ1v) is 7.27. The van der Waals surface area contributed by atoms with E-state index in [9.17, 15) is 0 Å². The highest BCUT2D eigenvalue weighted by Crippen LogP contribution is 2.30. The van der Waals surface area contributed by atoms with Gasteiger partial charge in [-0.1, -0.05) is 36.7 Å². The SMILES string of the molecule is CC(C)(C)COCC1CCC(CBr)CC1. The van der Waals surface area contributed by atoms with Gasteiger partial charge in [-0.3, -0.25) is 0 Å². The summed E-state index contributed by atoms with van der Waals surface area (Å²) >= 11 is 3.58. The Morgan fingerprint density at radius 3 is 2.07 bits per heavy atom. The van der Waals surface area contributed by atoms with Gasteiger partial charge in [0.1, 0.15) is 0 Å². The van der Waals surface area contributed by atoms with Gasteiger partial charge in [0, 0.05) is 11.9 Å². The highest BCUT2D eigenvalue weighted by atomic mass is 79.9. The fourth-order valence-corrected chi connectivity index (χ4v) is 2.73. The summed E-state index contributed by atoms with van der Waals surface area (Å²) in [5, 5.41) is 1.18. The van der Waals surface area contributed by atoms with E-state index >= 15 is 0 Å². The Balaban J connectivity index is 2.09. The minimum atomic E-state index is 0.313. The van der Waals surface area contributed by atoms with Crippen molar-refractivity contribution in [2.75, 3.05) is 18.5 Å². The lowest BCUT2D eigenvalue weighted by Gasteiger charge is -2.28. The van der Waals surface area contributed by atoms with Crippen LogP contribution in [0.1, 0.15) is 46.5 Å². The number of hydrogen-bond acceptors (Lipinski definition) is 1. The molecule has 0 aromatic carbocycles. The average Bonchev–Trinajstić information content (AvgIpc) is 2.17. The molecule has 0 amide bonds. The average molecular weight is 277 g/mol. The zero-order valence-electron chi connectivity index (χ0n) is 10.4. The molecule has 2 heteroatoms. The molecule has 1 saturated carbocycles.